The van der Waals surface area contributed by atoms with E-state index >= 15 is 0 Å². The van der Waals surface area contributed by atoms with E-state index in [0.717, 1.165) is 67.2 Å². The van der Waals surface area contributed by atoms with E-state index in [0.29, 0.717) is 5.82 Å². The van der Waals surface area contributed by atoms with Gasteiger partial charge in [0.25, 0.3) is 0 Å². The molecule has 0 radical (unpaired) electrons. The van der Waals surface area contributed by atoms with Crippen molar-refractivity contribution in [3.05, 3.63) is 249 Å². The monoisotopic (exact) mass is 879 g/mol. The molecule has 0 aliphatic heterocycles. The number of aromatic nitrogens is 5. The summed E-state index contributed by atoms with van der Waals surface area (Å²) in [4.78, 5) is 10.7. The van der Waals surface area contributed by atoms with Gasteiger partial charge in [-0.3, -0.25) is 0 Å². The van der Waals surface area contributed by atoms with Crippen LogP contribution in [-0.4, -0.2) is 23.7 Å². The Hall–Kier alpha value is -9.32. The molecule has 69 heavy (non-hydrogen) atoms. The number of nitrogens with zero attached hydrogens (tertiary/aromatic N) is 5. The fraction of sp³-hybridized carbons (Fsp3) is 0. The van der Waals surface area contributed by atoms with Crippen molar-refractivity contribution >= 4 is 65.4 Å². The van der Waals surface area contributed by atoms with Crippen LogP contribution in [0.15, 0.2) is 249 Å². The van der Waals surface area contributed by atoms with Gasteiger partial charge in [0.1, 0.15) is 0 Å². The summed E-state index contributed by atoms with van der Waals surface area (Å²) < 4.78 is 7.19. The minimum Gasteiger partial charge on any atom is -0.309 e. The lowest BCUT2D eigenvalue weighted by molar-refractivity contribution is 1.13. The first kappa shape index (κ1) is 38.9. The van der Waals surface area contributed by atoms with Crippen molar-refractivity contribution in [2.24, 2.45) is 0 Å². The van der Waals surface area contributed by atoms with Gasteiger partial charge in [0.15, 0.2) is 5.82 Å². The lowest BCUT2D eigenvalue weighted by Crippen LogP contribution is -2.02. The maximum absolute atomic E-state index is 5.43. The summed E-state index contributed by atoms with van der Waals surface area (Å²) >= 11 is 0. The first-order chi connectivity index (χ1) is 34.2. The Bertz CT molecular complexity index is 4180. The highest BCUT2D eigenvalue weighted by Crippen LogP contribution is 2.40. The molecule has 0 N–H and O–H groups in total. The number of hydrogen-bond donors (Lipinski definition) is 0. The SMILES string of the molecule is c1ccc(-c2ccc3c(c2)c2ccccc2n3-c2cc(-c3cc(-c4ccc(-n5c6ccccc6c6ccccc65)cc4)nc(-c4ccccc4)n3)cc(-n3c4ccccc4c4ccccc43)c2)cc1. The van der Waals surface area contributed by atoms with Gasteiger partial charge in [0.05, 0.1) is 44.5 Å². The molecule has 5 heteroatoms. The van der Waals surface area contributed by atoms with E-state index in [1.165, 1.54) is 54.5 Å². The molecule has 322 valence electrons. The van der Waals surface area contributed by atoms with Gasteiger partial charge in [-0.25, -0.2) is 9.97 Å². The Balaban J connectivity index is 1.00. The zero-order chi connectivity index (χ0) is 45.4. The van der Waals surface area contributed by atoms with Gasteiger partial charge in [-0.2, -0.15) is 0 Å². The number of rotatable bonds is 7. The smallest absolute Gasteiger partial charge is 0.160 e. The fourth-order valence-electron chi connectivity index (χ4n) is 10.7. The minimum absolute atomic E-state index is 0.670. The van der Waals surface area contributed by atoms with Crippen LogP contribution in [0, 0.1) is 0 Å². The van der Waals surface area contributed by atoms with Crippen LogP contribution in [-0.2, 0) is 0 Å². The second kappa shape index (κ2) is 15.7. The van der Waals surface area contributed by atoms with E-state index in [1.807, 2.05) is 6.07 Å². The van der Waals surface area contributed by atoms with Crippen LogP contribution in [0.5, 0.6) is 0 Å². The molecule has 0 amide bonds. The Morgan fingerprint density at radius 2 is 0.594 bits per heavy atom. The zero-order valence-corrected chi connectivity index (χ0v) is 37.4. The van der Waals surface area contributed by atoms with Crippen molar-refractivity contribution < 1.29 is 0 Å². The third kappa shape index (κ3) is 6.32. The predicted octanol–water partition coefficient (Wildman–Crippen LogP) is 16.4. The second-order valence-electron chi connectivity index (χ2n) is 17.8. The molecule has 0 atom stereocenters. The third-order valence-electron chi connectivity index (χ3n) is 13.8. The molecule has 0 unspecified atom stereocenters. The summed E-state index contributed by atoms with van der Waals surface area (Å²) in [5.74, 6) is 0.670. The topological polar surface area (TPSA) is 40.6 Å². The van der Waals surface area contributed by atoms with Crippen molar-refractivity contribution in [2.75, 3.05) is 0 Å². The largest absolute Gasteiger partial charge is 0.309 e. The van der Waals surface area contributed by atoms with Gasteiger partial charge < -0.3 is 13.7 Å². The first-order valence-electron chi connectivity index (χ1n) is 23.5. The van der Waals surface area contributed by atoms with E-state index in [2.05, 4.69) is 256 Å². The van der Waals surface area contributed by atoms with Gasteiger partial charge in [0.2, 0.25) is 0 Å². The van der Waals surface area contributed by atoms with Gasteiger partial charge >= 0.3 is 0 Å². The minimum atomic E-state index is 0.670. The van der Waals surface area contributed by atoms with Crippen molar-refractivity contribution in [3.63, 3.8) is 0 Å². The molecule has 0 bridgehead atoms. The molecular weight excluding hydrogens is 839 g/mol. The van der Waals surface area contributed by atoms with E-state index in [1.54, 1.807) is 0 Å². The highest BCUT2D eigenvalue weighted by Gasteiger charge is 2.20. The summed E-state index contributed by atoms with van der Waals surface area (Å²) in [6, 6.07) is 89.3. The van der Waals surface area contributed by atoms with Gasteiger partial charge in [-0.15, -0.1) is 0 Å². The molecule has 0 aliphatic carbocycles. The zero-order valence-electron chi connectivity index (χ0n) is 37.4. The molecule has 10 aromatic carbocycles. The Morgan fingerprint density at radius 1 is 0.217 bits per heavy atom. The summed E-state index contributed by atoms with van der Waals surface area (Å²) in [6.07, 6.45) is 0. The number of benzene rings is 10. The summed E-state index contributed by atoms with van der Waals surface area (Å²) in [5.41, 5.74) is 17.1. The highest BCUT2D eigenvalue weighted by molar-refractivity contribution is 6.12. The van der Waals surface area contributed by atoms with E-state index < -0.39 is 0 Å². The second-order valence-corrected chi connectivity index (χ2v) is 17.8. The summed E-state index contributed by atoms with van der Waals surface area (Å²) in [7, 11) is 0. The maximum atomic E-state index is 5.43. The van der Waals surface area contributed by atoms with Crippen LogP contribution in [0.1, 0.15) is 0 Å². The van der Waals surface area contributed by atoms with Crippen molar-refractivity contribution in [1.82, 2.24) is 23.7 Å². The van der Waals surface area contributed by atoms with Crippen LogP contribution < -0.4 is 0 Å². The quantitative estimate of drug-likeness (QED) is 0.160. The average molecular weight is 880 g/mol. The molecule has 14 aromatic rings. The molecule has 0 saturated carbocycles. The maximum Gasteiger partial charge on any atom is 0.160 e. The molecule has 4 heterocycles. The molecule has 5 nitrogen and oxygen atoms in total. The molecule has 0 spiro atoms. The van der Waals surface area contributed by atoms with Crippen LogP contribution in [0.4, 0.5) is 0 Å². The van der Waals surface area contributed by atoms with E-state index in [-0.39, 0.29) is 0 Å². The summed E-state index contributed by atoms with van der Waals surface area (Å²) in [5, 5.41) is 7.32. The average Bonchev–Trinajstić information content (AvgIpc) is 4.07. The number of fused-ring (bicyclic) bond motifs is 9. The van der Waals surface area contributed by atoms with Crippen LogP contribution in [0.2, 0.25) is 0 Å². The Kier molecular flexibility index (Phi) is 8.83. The fourth-order valence-corrected chi connectivity index (χ4v) is 10.7. The van der Waals surface area contributed by atoms with Crippen LogP contribution in [0.3, 0.4) is 0 Å². The van der Waals surface area contributed by atoms with Crippen molar-refractivity contribution in [3.8, 4) is 62.1 Å². The van der Waals surface area contributed by atoms with Gasteiger partial charge in [0, 0.05) is 66.1 Å². The molecule has 0 saturated heterocycles. The molecule has 0 fully saturated rings. The number of hydrogen-bond acceptors (Lipinski definition) is 2. The lowest BCUT2D eigenvalue weighted by Gasteiger charge is -2.16. The standard InChI is InChI=1S/C64H41N5/c1-3-17-42(18-4-1)45-33-36-63-55(39-45)54-25-11-16-30-62(54)69(63)49-38-46(37-48(40-49)68-60-28-14-9-23-52(60)53-24-10-15-29-61(53)68)57-41-56(65-64(66-57)44-19-5-2-6-20-44)43-31-34-47(35-32-43)67-58-26-12-7-21-50(58)51-22-8-13-27-59(51)67/h1-41H. The third-order valence-corrected chi connectivity index (χ3v) is 13.8. The lowest BCUT2D eigenvalue weighted by atomic mass is 10.0. The van der Waals surface area contributed by atoms with Crippen molar-refractivity contribution in [1.29, 1.82) is 0 Å². The van der Waals surface area contributed by atoms with E-state index in [9.17, 15) is 0 Å². The highest BCUT2D eigenvalue weighted by atomic mass is 15.0. The normalized spacial score (nSPS) is 11.8. The summed E-state index contributed by atoms with van der Waals surface area (Å²) in [6.45, 7) is 0. The molecular formula is C64H41N5. The molecule has 14 rings (SSSR count). The van der Waals surface area contributed by atoms with Crippen molar-refractivity contribution in [2.45, 2.75) is 0 Å². The van der Waals surface area contributed by atoms with Crippen LogP contribution in [0.25, 0.3) is 128 Å². The van der Waals surface area contributed by atoms with E-state index in [4.69, 9.17) is 9.97 Å². The molecule has 4 aromatic heterocycles. The predicted molar refractivity (Wildman–Crippen MR) is 287 cm³/mol. The first-order valence-corrected chi connectivity index (χ1v) is 23.5. The van der Waals surface area contributed by atoms with Gasteiger partial charge in [-0.1, -0.05) is 170 Å². The Labute approximate surface area is 398 Å². The van der Waals surface area contributed by atoms with Gasteiger partial charge in [-0.05, 0) is 90.0 Å². The van der Waals surface area contributed by atoms with Crippen LogP contribution >= 0.6 is 0 Å². The number of para-hydroxylation sites is 5. The molecule has 0 aliphatic rings. The Morgan fingerprint density at radius 3 is 1.09 bits per heavy atom.